The van der Waals surface area contributed by atoms with Gasteiger partial charge in [0.25, 0.3) is 0 Å². The Morgan fingerprint density at radius 2 is 2.50 bits per heavy atom. The first-order chi connectivity index (χ1) is 3.93. The second-order valence-corrected chi connectivity index (χ2v) is 0.937. The second-order valence-electron chi connectivity index (χ2n) is 0.937. The molecule has 0 atom stereocenters. The number of nitrogens with zero attached hydrogens (tertiary/aromatic N) is 4. The van der Waals surface area contributed by atoms with Crippen LogP contribution >= 0.6 is 0 Å². The maximum absolute atomic E-state index is 6.74. The predicted octanol–water partition coefficient (Wildman–Crippen LogP) is -0.627. The minimum absolute atomic E-state index is 0. The van der Waals surface area contributed by atoms with E-state index in [1.165, 1.54) is 0 Å². The van der Waals surface area contributed by atoms with Gasteiger partial charge in [-0.25, -0.2) is 0 Å². The molecule has 0 unspecified atom stereocenters. The van der Waals surface area contributed by atoms with E-state index in [-0.39, 0.29) is 25.5 Å². The van der Waals surface area contributed by atoms with Gasteiger partial charge in [-0.15, -0.1) is 0 Å². The van der Waals surface area contributed by atoms with E-state index < -0.39 is 0 Å². The molecule has 8 heavy (non-hydrogen) atoms. The van der Waals surface area contributed by atoms with E-state index in [0.717, 1.165) is 0 Å². The zero-order valence-electron chi connectivity index (χ0n) is 4.94. The van der Waals surface area contributed by atoms with Crippen LogP contribution < -0.4 is 0 Å². The Morgan fingerprint density at radius 3 is 2.88 bits per heavy atom. The molecule has 1 heterocycles. The van der Waals surface area contributed by atoms with Gasteiger partial charge in [-0.2, -0.15) is 5.10 Å². The van der Waals surface area contributed by atoms with Gasteiger partial charge >= 0.3 is 0 Å². The fourth-order valence-electron chi connectivity index (χ4n) is 0.196. The predicted molar refractivity (Wildman–Crippen MR) is 21.2 cm³/mol. The molecule has 0 saturated carbocycles. The van der Waals surface area contributed by atoms with Crippen LogP contribution in [0.5, 0.6) is 0 Å². The molecular weight excluding hydrogens is 143 g/mol. The van der Waals surface area contributed by atoms with Crippen LogP contribution in [-0.4, -0.2) is 20.6 Å². The summed E-state index contributed by atoms with van der Waals surface area (Å²) in [5, 5.41) is 13.1. The third-order valence-corrected chi connectivity index (χ3v) is 0.429. The minimum Gasteiger partial charge on any atom is -0.348 e. The molecule has 0 aliphatic heterocycles. The number of aromatic nitrogens is 4. The van der Waals surface area contributed by atoms with Crippen LogP contribution in [0.3, 0.4) is 0 Å². The van der Waals surface area contributed by atoms with Crippen molar-refractivity contribution in [2.24, 2.45) is 0 Å². The van der Waals surface area contributed by atoms with E-state index in [0.29, 0.717) is 5.69 Å². The summed E-state index contributed by atoms with van der Waals surface area (Å²) in [6.45, 7) is 0.0581. The summed E-state index contributed by atoms with van der Waals surface area (Å²) in [6.07, 6.45) is 2.40. The molecule has 41 valence electrons. The molecule has 0 amide bonds. The second kappa shape index (κ2) is 3.52. The molecule has 1 radical (unpaired) electrons. The quantitative estimate of drug-likeness (QED) is 0.458. The van der Waals surface area contributed by atoms with Crippen LogP contribution in [0.1, 0.15) is 7.06 Å². The Balaban J connectivity index is 0.000000640. The average Bonchev–Trinajstić information content (AvgIpc) is 1.90. The van der Waals surface area contributed by atoms with Gasteiger partial charge in [0.15, 0.2) is 0 Å². The molecule has 0 saturated heterocycles. The van der Waals surface area contributed by atoms with Crippen LogP contribution in [0.25, 0.3) is 0 Å². The maximum atomic E-state index is 6.74. The first-order valence-corrected chi connectivity index (χ1v) is 1.65. The Bertz CT molecular complexity index is 157. The van der Waals surface area contributed by atoms with Gasteiger partial charge in [0.2, 0.25) is 0 Å². The van der Waals surface area contributed by atoms with E-state index in [2.05, 4.69) is 26.8 Å². The fraction of sp³-hybridized carbons (Fsp3) is 0.333. The molecule has 0 aliphatic rings. The molecule has 0 fully saturated rings. The summed E-state index contributed by atoms with van der Waals surface area (Å²) in [4.78, 5) is 0. The van der Waals surface area contributed by atoms with Gasteiger partial charge < -0.3 is 11.3 Å². The van der Waals surface area contributed by atoms with Crippen molar-refractivity contribution in [2.45, 2.75) is 6.90 Å². The standard InChI is InChI=1S/C3H3N4.V/c1-3-2-4-6-7-5-3;/h1H3;/q-1;/i1D;. The monoisotopic (exact) mass is 147 g/mol. The Kier molecular flexibility index (Phi) is 2.49. The van der Waals surface area contributed by atoms with Crippen molar-refractivity contribution in [1.29, 1.82) is 0 Å². The third kappa shape index (κ3) is 2.00. The maximum Gasteiger partial charge on any atom is 0.0266 e. The average molecular weight is 147 g/mol. The number of hydrogen-bond acceptors (Lipinski definition) is 4. The summed E-state index contributed by atoms with van der Waals surface area (Å²) in [5.41, 5.74) is 0.417. The summed E-state index contributed by atoms with van der Waals surface area (Å²) in [6, 6.07) is 0. The van der Waals surface area contributed by atoms with E-state index in [9.17, 15) is 0 Å². The molecule has 0 bridgehead atoms. The first kappa shape index (κ1) is 5.66. The molecule has 0 aliphatic carbocycles. The molecule has 1 aromatic rings. The van der Waals surface area contributed by atoms with Gasteiger partial charge in [0, 0.05) is 19.9 Å². The SMILES string of the molecule is [2H]Cc1[c-]nnnn1.[V]. The summed E-state index contributed by atoms with van der Waals surface area (Å²) in [7, 11) is 0. The number of aryl methyl sites for hydroxylation is 1. The van der Waals surface area contributed by atoms with E-state index in [1.807, 2.05) is 0 Å². The van der Waals surface area contributed by atoms with Gasteiger partial charge in [-0.1, -0.05) is 17.8 Å². The Hall–Kier alpha value is -0.476. The fourth-order valence-corrected chi connectivity index (χ4v) is 0.196. The van der Waals surface area contributed by atoms with Crippen molar-refractivity contribution in [1.82, 2.24) is 20.6 Å². The van der Waals surface area contributed by atoms with E-state index in [1.54, 1.807) is 0 Å². The van der Waals surface area contributed by atoms with Gasteiger partial charge in [0.1, 0.15) is 0 Å². The van der Waals surface area contributed by atoms with Crippen LogP contribution in [0.15, 0.2) is 0 Å². The summed E-state index contributed by atoms with van der Waals surface area (Å²) < 4.78 is 6.74. The molecule has 5 heteroatoms. The topological polar surface area (TPSA) is 51.6 Å². The smallest absolute Gasteiger partial charge is 0.0266 e. The van der Waals surface area contributed by atoms with Crippen LogP contribution in [-0.2, 0) is 18.6 Å². The van der Waals surface area contributed by atoms with Crippen molar-refractivity contribution in [3.63, 3.8) is 0 Å². The van der Waals surface area contributed by atoms with Gasteiger partial charge in [-0.05, 0) is 5.21 Å². The largest absolute Gasteiger partial charge is 0.348 e. The summed E-state index contributed by atoms with van der Waals surface area (Å²) in [5.74, 6) is 0. The van der Waals surface area contributed by atoms with Gasteiger partial charge in [-0.3, -0.25) is 0 Å². The van der Waals surface area contributed by atoms with Gasteiger partial charge in [0.05, 0.1) is 0 Å². The number of hydrogen-bond donors (Lipinski definition) is 0. The molecule has 1 rings (SSSR count). The first-order valence-electron chi connectivity index (χ1n) is 2.36. The van der Waals surface area contributed by atoms with E-state index >= 15 is 0 Å². The van der Waals surface area contributed by atoms with Crippen molar-refractivity contribution in [2.75, 3.05) is 0 Å². The molecule has 0 spiro atoms. The molecule has 1 aromatic heterocycles. The van der Waals surface area contributed by atoms with Crippen LogP contribution in [0.4, 0.5) is 0 Å². The Morgan fingerprint density at radius 1 is 1.62 bits per heavy atom. The van der Waals surface area contributed by atoms with Crippen molar-refractivity contribution < 1.29 is 19.9 Å². The van der Waals surface area contributed by atoms with Crippen molar-refractivity contribution >= 4 is 0 Å². The zero-order chi connectivity index (χ0) is 5.82. The molecular formula is C3H3N4V-. The molecule has 0 aromatic carbocycles. The van der Waals surface area contributed by atoms with Crippen molar-refractivity contribution in [3.05, 3.63) is 11.9 Å². The molecule has 0 N–H and O–H groups in total. The zero-order valence-corrected chi connectivity index (χ0v) is 5.34. The summed E-state index contributed by atoms with van der Waals surface area (Å²) >= 11 is 0. The third-order valence-electron chi connectivity index (χ3n) is 0.429. The normalized spacial score (nSPS) is 9.25. The molecule has 4 nitrogen and oxygen atoms in total. The number of rotatable bonds is 0. The van der Waals surface area contributed by atoms with Crippen molar-refractivity contribution in [3.8, 4) is 0 Å². The van der Waals surface area contributed by atoms with Crippen LogP contribution in [0.2, 0.25) is 0 Å². The van der Waals surface area contributed by atoms with Crippen LogP contribution in [0, 0.1) is 13.1 Å². The minimum atomic E-state index is 0. The van der Waals surface area contributed by atoms with E-state index in [4.69, 9.17) is 1.37 Å². The Labute approximate surface area is 60.0 Å².